The van der Waals surface area contributed by atoms with Gasteiger partial charge in [0.1, 0.15) is 0 Å². The van der Waals surface area contributed by atoms with E-state index in [-0.39, 0.29) is 5.75 Å². The minimum absolute atomic E-state index is 0.288. The highest BCUT2D eigenvalue weighted by atomic mass is 32.2. The summed E-state index contributed by atoms with van der Waals surface area (Å²) in [4.78, 5) is 0. The average Bonchev–Trinajstić information content (AvgIpc) is 2.73. The first-order valence-corrected chi connectivity index (χ1v) is 7.89. The molecule has 0 spiro atoms. The second kappa shape index (κ2) is 6.57. The van der Waals surface area contributed by atoms with Gasteiger partial charge in [-0.05, 0) is 31.8 Å². The van der Waals surface area contributed by atoms with Gasteiger partial charge in [0, 0.05) is 13.1 Å². The zero-order valence-electron chi connectivity index (χ0n) is 10.4. The summed E-state index contributed by atoms with van der Waals surface area (Å²) < 4.78 is 25.6. The number of nitrogens with one attached hydrogen (secondary N) is 1. The number of nitrogens with zero attached hydrogens (tertiary/aromatic N) is 1. The van der Waals surface area contributed by atoms with E-state index in [1.807, 2.05) is 6.92 Å². The Bertz CT molecular complexity index is 290. The molecular formula is C11H24N2O2S. The molecule has 16 heavy (non-hydrogen) atoms. The van der Waals surface area contributed by atoms with Crippen molar-refractivity contribution in [3.05, 3.63) is 0 Å². The molecule has 1 fully saturated rings. The molecule has 0 aromatic carbocycles. The average molecular weight is 248 g/mol. The first kappa shape index (κ1) is 13.9. The molecule has 1 heterocycles. The monoisotopic (exact) mass is 248 g/mol. The molecule has 96 valence electrons. The third kappa shape index (κ3) is 4.03. The van der Waals surface area contributed by atoms with E-state index >= 15 is 0 Å². The van der Waals surface area contributed by atoms with Crippen LogP contribution in [0.2, 0.25) is 0 Å². The van der Waals surface area contributed by atoms with E-state index in [1.54, 1.807) is 4.31 Å². The van der Waals surface area contributed by atoms with Crippen LogP contribution in [-0.2, 0) is 10.0 Å². The third-order valence-electron chi connectivity index (χ3n) is 3.23. The van der Waals surface area contributed by atoms with Crippen LogP contribution in [-0.4, -0.2) is 44.7 Å². The molecule has 5 heteroatoms. The van der Waals surface area contributed by atoms with Gasteiger partial charge in [-0.2, -0.15) is 0 Å². The third-order valence-corrected chi connectivity index (χ3v) is 5.15. The van der Waals surface area contributed by atoms with Gasteiger partial charge >= 0.3 is 0 Å². The van der Waals surface area contributed by atoms with E-state index in [9.17, 15) is 8.42 Å². The minimum Gasteiger partial charge on any atom is -0.317 e. The summed E-state index contributed by atoms with van der Waals surface area (Å²) in [5.74, 6) is 0.861. The van der Waals surface area contributed by atoms with Crippen LogP contribution in [0.25, 0.3) is 0 Å². The van der Waals surface area contributed by atoms with Crippen molar-refractivity contribution in [1.29, 1.82) is 0 Å². The zero-order valence-corrected chi connectivity index (χ0v) is 11.2. The highest BCUT2D eigenvalue weighted by Crippen LogP contribution is 2.22. The largest absolute Gasteiger partial charge is 0.317 e. The maximum Gasteiger partial charge on any atom is 0.214 e. The molecule has 0 radical (unpaired) electrons. The highest BCUT2D eigenvalue weighted by molar-refractivity contribution is 7.89. The number of sulfonamides is 1. The van der Waals surface area contributed by atoms with Crippen LogP contribution in [0.3, 0.4) is 0 Å². The smallest absolute Gasteiger partial charge is 0.214 e. The molecular weight excluding hydrogens is 224 g/mol. The van der Waals surface area contributed by atoms with E-state index in [0.717, 1.165) is 39.0 Å². The molecule has 1 aliphatic rings. The maximum atomic E-state index is 12.0. The van der Waals surface area contributed by atoms with Crippen LogP contribution in [0.4, 0.5) is 0 Å². The summed E-state index contributed by atoms with van der Waals surface area (Å²) >= 11 is 0. The Morgan fingerprint density at radius 1 is 1.38 bits per heavy atom. The van der Waals surface area contributed by atoms with Crippen molar-refractivity contribution >= 4 is 10.0 Å². The normalized spacial score (nSPS) is 22.8. The van der Waals surface area contributed by atoms with Gasteiger partial charge in [0.2, 0.25) is 10.0 Å². The molecule has 0 amide bonds. The molecule has 0 aliphatic carbocycles. The number of rotatable bonds is 7. The van der Waals surface area contributed by atoms with E-state index in [0.29, 0.717) is 12.3 Å². The Kier molecular flexibility index (Phi) is 5.72. The fourth-order valence-corrected chi connectivity index (χ4v) is 3.66. The van der Waals surface area contributed by atoms with E-state index in [2.05, 4.69) is 12.2 Å². The van der Waals surface area contributed by atoms with E-state index in [1.165, 1.54) is 0 Å². The Balaban J connectivity index is 2.34. The summed E-state index contributed by atoms with van der Waals surface area (Å²) in [5.41, 5.74) is 0. The number of hydrogen-bond donors (Lipinski definition) is 1. The lowest BCUT2D eigenvalue weighted by atomic mass is 10.1. The predicted molar refractivity (Wildman–Crippen MR) is 66.9 cm³/mol. The van der Waals surface area contributed by atoms with Crippen molar-refractivity contribution in [1.82, 2.24) is 9.62 Å². The van der Waals surface area contributed by atoms with Gasteiger partial charge in [0.05, 0.1) is 5.75 Å². The van der Waals surface area contributed by atoms with Crippen molar-refractivity contribution in [3.8, 4) is 0 Å². The lowest BCUT2D eigenvalue weighted by Crippen LogP contribution is -2.32. The van der Waals surface area contributed by atoms with Crippen molar-refractivity contribution in [2.75, 3.05) is 31.9 Å². The Labute approximate surface area is 99.5 Å². The van der Waals surface area contributed by atoms with Gasteiger partial charge in [-0.1, -0.05) is 20.3 Å². The molecule has 0 aromatic heterocycles. The molecule has 1 saturated heterocycles. The van der Waals surface area contributed by atoms with E-state index < -0.39 is 10.0 Å². The summed E-state index contributed by atoms with van der Waals surface area (Å²) in [6.45, 7) is 7.32. The van der Waals surface area contributed by atoms with Gasteiger partial charge in [0.15, 0.2) is 0 Å². The Morgan fingerprint density at radius 2 is 2.12 bits per heavy atom. The lowest BCUT2D eigenvalue weighted by molar-refractivity contribution is 0.451. The summed E-state index contributed by atoms with van der Waals surface area (Å²) in [7, 11) is -2.99. The second-order valence-corrected chi connectivity index (χ2v) is 6.53. The van der Waals surface area contributed by atoms with Crippen molar-refractivity contribution in [2.24, 2.45) is 5.92 Å². The first-order valence-electron chi connectivity index (χ1n) is 6.28. The minimum atomic E-state index is -2.99. The molecule has 0 bridgehead atoms. The quantitative estimate of drug-likeness (QED) is 0.685. The van der Waals surface area contributed by atoms with E-state index in [4.69, 9.17) is 0 Å². The predicted octanol–water partition coefficient (Wildman–Crippen LogP) is 1.05. The fourth-order valence-electron chi connectivity index (χ4n) is 2.07. The first-order chi connectivity index (χ1) is 7.60. The van der Waals surface area contributed by atoms with Crippen LogP contribution >= 0.6 is 0 Å². The summed E-state index contributed by atoms with van der Waals surface area (Å²) in [5, 5.41) is 3.15. The fraction of sp³-hybridized carbons (Fsp3) is 1.00. The molecule has 1 N–H and O–H groups in total. The van der Waals surface area contributed by atoms with Crippen LogP contribution < -0.4 is 5.32 Å². The van der Waals surface area contributed by atoms with Crippen LogP contribution in [0.5, 0.6) is 0 Å². The van der Waals surface area contributed by atoms with Gasteiger partial charge in [-0.25, -0.2) is 12.7 Å². The second-order valence-electron chi connectivity index (χ2n) is 4.44. The van der Waals surface area contributed by atoms with Crippen LogP contribution in [0, 0.1) is 5.92 Å². The SMILES string of the molecule is CCNCCCS(=O)(=O)N1CCC(CC)C1. The number of hydrogen-bond acceptors (Lipinski definition) is 3. The molecule has 1 atom stereocenters. The van der Waals surface area contributed by atoms with Gasteiger partial charge in [-0.3, -0.25) is 0 Å². The van der Waals surface area contributed by atoms with Crippen LogP contribution in [0.1, 0.15) is 33.1 Å². The molecule has 1 aliphatic heterocycles. The van der Waals surface area contributed by atoms with Gasteiger partial charge < -0.3 is 5.32 Å². The highest BCUT2D eigenvalue weighted by Gasteiger charge is 2.29. The van der Waals surface area contributed by atoms with Crippen molar-refractivity contribution in [2.45, 2.75) is 33.1 Å². The maximum absolute atomic E-state index is 12.0. The lowest BCUT2D eigenvalue weighted by Gasteiger charge is -2.16. The zero-order chi connectivity index (χ0) is 12.0. The van der Waals surface area contributed by atoms with Gasteiger partial charge in [-0.15, -0.1) is 0 Å². The van der Waals surface area contributed by atoms with Crippen LogP contribution in [0.15, 0.2) is 0 Å². The Hall–Kier alpha value is -0.130. The topological polar surface area (TPSA) is 49.4 Å². The Morgan fingerprint density at radius 3 is 2.69 bits per heavy atom. The molecule has 4 nitrogen and oxygen atoms in total. The molecule has 0 saturated carbocycles. The summed E-state index contributed by atoms with van der Waals surface area (Å²) in [6, 6.07) is 0. The summed E-state index contributed by atoms with van der Waals surface area (Å²) in [6.07, 6.45) is 2.83. The van der Waals surface area contributed by atoms with Crippen molar-refractivity contribution in [3.63, 3.8) is 0 Å². The van der Waals surface area contributed by atoms with Gasteiger partial charge in [0.25, 0.3) is 0 Å². The molecule has 1 unspecified atom stereocenters. The molecule has 1 rings (SSSR count). The standard InChI is InChI=1S/C11H24N2O2S/c1-3-11-6-8-13(10-11)16(14,15)9-5-7-12-4-2/h11-12H,3-10H2,1-2H3. The van der Waals surface area contributed by atoms with Crippen molar-refractivity contribution < 1.29 is 8.42 Å². The molecule has 0 aromatic rings.